The lowest BCUT2D eigenvalue weighted by atomic mass is 9.92. The highest BCUT2D eigenvalue weighted by Crippen LogP contribution is 2.34. The van der Waals surface area contributed by atoms with E-state index in [-0.39, 0.29) is 0 Å². The Morgan fingerprint density at radius 1 is 0.480 bits per heavy atom. The average Bonchev–Trinajstić information content (AvgIpc) is 3.13. The number of unbranched alkanes of at least 4 members (excludes halogenated alkanes) is 1. The van der Waals surface area contributed by atoms with Gasteiger partial charge in [0.15, 0.2) is 0 Å². The Morgan fingerprint density at radius 3 is 1.18 bits per heavy atom. The Hall–Kier alpha value is -2.36. The zero-order valence-corrected chi connectivity index (χ0v) is 33.2. The molecule has 4 saturated carbocycles. The second-order valence-electron chi connectivity index (χ2n) is 17.3. The topological polar surface area (TPSA) is 48.1 Å². The van der Waals surface area contributed by atoms with Gasteiger partial charge in [-0.1, -0.05) is 116 Å². The summed E-state index contributed by atoms with van der Waals surface area (Å²) < 4.78 is 0. The summed E-state index contributed by atoms with van der Waals surface area (Å²) in [5.74, 6) is 0.698. The lowest BCUT2D eigenvalue weighted by Gasteiger charge is -2.28. The maximum atomic E-state index is 3.92. The summed E-state index contributed by atoms with van der Waals surface area (Å²) >= 11 is 0. The van der Waals surface area contributed by atoms with Crippen molar-refractivity contribution in [2.45, 2.75) is 213 Å². The van der Waals surface area contributed by atoms with Crippen LogP contribution in [0.1, 0.15) is 184 Å². The summed E-state index contributed by atoms with van der Waals surface area (Å²) in [6, 6.07) is 12.5. The predicted octanol–water partition coefficient (Wildman–Crippen LogP) is 13.5. The summed E-state index contributed by atoms with van der Waals surface area (Å²) in [4.78, 5) is 0. The molecule has 4 aliphatic carbocycles. The highest BCUT2D eigenvalue weighted by atomic mass is 15.0. The second-order valence-corrected chi connectivity index (χ2v) is 17.3. The summed E-state index contributed by atoms with van der Waals surface area (Å²) in [6.45, 7) is 11.5. The Kier molecular flexibility index (Phi) is 16.0. The first-order valence-electron chi connectivity index (χ1n) is 21.7. The highest BCUT2D eigenvalue weighted by Gasteiger charge is 2.20. The van der Waals surface area contributed by atoms with Crippen LogP contribution in [0.4, 0.5) is 22.7 Å². The fourth-order valence-corrected chi connectivity index (χ4v) is 9.17. The first kappa shape index (κ1) is 38.9. The van der Waals surface area contributed by atoms with E-state index in [2.05, 4.69) is 80.2 Å². The van der Waals surface area contributed by atoms with Crippen LogP contribution in [0.25, 0.3) is 0 Å². The molecule has 0 spiro atoms. The lowest BCUT2D eigenvalue weighted by molar-refractivity contribution is 0.461. The molecule has 4 fully saturated rings. The molecule has 4 nitrogen and oxygen atoms in total. The molecule has 50 heavy (non-hydrogen) atoms. The number of rotatable bonds is 13. The number of benzene rings is 2. The van der Waals surface area contributed by atoms with Crippen molar-refractivity contribution in [2.75, 3.05) is 21.3 Å². The van der Waals surface area contributed by atoms with E-state index in [1.54, 1.807) is 0 Å². The van der Waals surface area contributed by atoms with Gasteiger partial charge in [-0.25, -0.2) is 0 Å². The number of nitrogens with one attached hydrogen (secondary N) is 4. The molecule has 0 bridgehead atoms. The molecule has 0 unspecified atom stereocenters. The van der Waals surface area contributed by atoms with Gasteiger partial charge in [-0.3, -0.25) is 0 Å². The zero-order chi connectivity index (χ0) is 35.1. The zero-order valence-electron chi connectivity index (χ0n) is 33.2. The molecule has 0 aromatic heterocycles. The van der Waals surface area contributed by atoms with Crippen molar-refractivity contribution < 1.29 is 0 Å². The monoisotopic (exact) mass is 685 g/mol. The van der Waals surface area contributed by atoms with Gasteiger partial charge >= 0.3 is 0 Å². The maximum Gasteiger partial charge on any atom is 0.0395 e. The first-order chi connectivity index (χ1) is 24.4. The van der Waals surface area contributed by atoms with E-state index in [0.717, 1.165) is 0 Å². The van der Waals surface area contributed by atoms with Crippen molar-refractivity contribution in [3.63, 3.8) is 0 Å². The van der Waals surface area contributed by atoms with Crippen molar-refractivity contribution >= 4 is 22.7 Å². The average molecular weight is 685 g/mol. The van der Waals surface area contributed by atoms with Crippen molar-refractivity contribution in [1.82, 2.24) is 0 Å². The van der Waals surface area contributed by atoms with Gasteiger partial charge in [0, 0.05) is 46.9 Å². The first-order valence-corrected chi connectivity index (χ1v) is 21.7. The molecule has 0 radical (unpaired) electrons. The molecular formula is C46H76N4. The van der Waals surface area contributed by atoms with Gasteiger partial charge in [0.05, 0.1) is 0 Å². The molecule has 4 heteroatoms. The smallest absolute Gasteiger partial charge is 0.0395 e. The minimum Gasteiger partial charge on any atom is -0.382 e. The van der Waals surface area contributed by atoms with Crippen LogP contribution in [0.5, 0.6) is 0 Å². The Morgan fingerprint density at radius 2 is 0.820 bits per heavy atom. The third-order valence-electron chi connectivity index (χ3n) is 12.2. The van der Waals surface area contributed by atoms with Crippen LogP contribution in [0, 0.1) is 19.8 Å². The van der Waals surface area contributed by atoms with Crippen LogP contribution in [-0.4, -0.2) is 24.2 Å². The molecule has 0 atom stereocenters. The standard InChI is InChI=1S/2C23H38N2/c1-17(2)14-19-15-18(3)22(24-20-10-6-4-7-11-20)16-23(19)25-21-12-8-5-9-13-21;1-3-4-11-19-16-18(2)22(24-20-12-7-5-8-13-20)17-23(19)25-21-14-9-6-10-15-21/h15-17,20-21,24-25H,4-14H2,1-3H3;16-17,20-21,24-25H,3-15H2,1-2H3. The lowest BCUT2D eigenvalue weighted by Crippen LogP contribution is -2.25. The highest BCUT2D eigenvalue weighted by molar-refractivity contribution is 5.67. The molecule has 280 valence electrons. The van der Waals surface area contributed by atoms with Crippen molar-refractivity contribution in [3.05, 3.63) is 46.5 Å². The van der Waals surface area contributed by atoms with Crippen LogP contribution < -0.4 is 21.3 Å². The summed E-state index contributed by atoms with van der Waals surface area (Å²) in [5.41, 5.74) is 11.4. The number of aryl methyl sites for hydroxylation is 3. The largest absolute Gasteiger partial charge is 0.382 e. The third-order valence-corrected chi connectivity index (χ3v) is 12.2. The van der Waals surface area contributed by atoms with Crippen LogP contribution in [0.2, 0.25) is 0 Å². The van der Waals surface area contributed by atoms with E-state index in [9.17, 15) is 0 Å². The Balaban J connectivity index is 0.000000194. The molecule has 0 aliphatic heterocycles. The second kappa shape index (κ2) is 20.6. The molecular weight excluding hydrogens is 609 g/mol. The summed E-state index contributed by atoms with van der Waals surface area (Å²) in [7, 11) is 0. The summed E-state index contributed by atoms with van der Waals surface area (Å²) in [6.07, 6.45) is 32.4. The van der Waals surface area contributed by atoms with Crippen LogP contribution in [0.3, 0.4) is 0 Å². The van der Waals surface area contributed by atoms with Gasteiger partial charge in [0.2, 0.25) is 0 Å². The van der Waals surface area contributed by atoms with Gasteiger partial charge in [0.25, 0.3) is 0 Å². The van der Waals surface area contributed by atoms with Crippen molar-refractivity contribution in [1.29, 1.82) is 0 Å². The van der Waals surface area contributed by atoms with E-state index in [1.807, 2.05) is 0 Å². The molecule has 0 saturated heterocycles. The normalized spacial score (nSPS) is 19.9. The predicted molar refractivity (Wildman–Crippen MR) is 221 cm³/mol. The molecule has 6 rings (SSSR count). The number of hydrogen-bond acceptors (Lipinski definition) is 4. The fourth-order valence-electron chi connectivity index (χ4n) is 9.17. The van der Waals surface area contributed by atoms with Gasteiger partial charge in [-0.05, 0) is 125 Å². The van der Waals surface area contributed by atoms with E-state index in [1.165, 1.54) is 199 Å². The molecule has 0 heterocycles. The Bertz CT molecular complexity index is 1260. The van der Waals surface area contributed by atoms with Gasteiger partial charge in [-0.2, -0.15) is 0 Å². The fraction of sp³-hybridized carbons (Fsp3) is 0.739. The van der Waals surface area contributed by atoms with Crippen molar-refractivity contribution in [2.24, 2.45) is 5.92 Å². The van der Waals surface area contributed by atoms with Gasteiger partial charge < -0.3 is 21.3 Å². The van der Waals surface area contributed by atoms with E-state index >= 15 is 0 Å². The number of hydrogen-bond donors (Lipinski definition) is 4. The quantitative estimate of drug-likeness (QED) is 0.170. The molecule has 2 aromatic carbocycles. The summed E-state index contributed by atoms with van der Waals surface area (Å²) in [5, 5.41) is 15.6. The maximum absolute atomic E-state index is 3.92. The molecule has 0 amide bonds. The number of anilines is 4. The van der Waals surface area contributed by atoms with Crippen LogP contribution in [-0.2, 0) is 12.8 Å². The minimum absolute atomic E-state index is 0.671. The molecule has 2 aromatic rings. The Labute approximate surface area is 308 Å². The van der Waals surface area contributed by atoms with E-state index < -0.39 is 0 Å². The van der Waals surface area contributed by atoms with Crippen LogP contribution >= 0.6 is 0 Å². The van der Waals surface area contributed by atoms with Crippen molar-refractivity contribution in [3.8, 4) is 0 Å². The van der Waals surface area contributed by atoms with E-state index in [4.69, 9.17) is 0 Å². The molecule has 4 N–H and O–H groups in total. The van der Waals surface area contributed by atoms with E-state index in [0.29, 0.717) is 30.1 Å². The van der Waals surface area contributed by atoms with Gasteiger partial charge in [-0.15, -0.1) is 0 Å². The van der Waals surface area contributed by atoms with Crippen LogP contribution in [0.15, 0.2) is 24.3 Å². The SMILES string of the molecule is CCCCc1cc(C)c(NC2CCCCC2)cc1NC1CCCCC1.Cc1cc(CC(C)C)c(NC2CCCCC2)cc1NC1CCCCC1. The van der Waals surface area contributed by atoms with Gasteiger partial charge in [0.1, 0.15) is 0 Å². The third kappa shape index (κ3) is 12.4. The minimum atomic E-state index is 0.671. The molecule has 4 aliphatic rings.